The van der Waals surface area contributed by atoms with Crippen molar-refractivity contribution in [2.75, 3.05) is 4.90 Å². The minimum absolute atomic E-state index is 0.103. The SMILES string of the molecule is CC1Cc2cc([N+](=O)[O-])ccc2N1Cn1[nH]c(C(C)(C)C)nc1=S. The zero-order chi connectivity index (χ0) is 17.6. The second-order valence-corrected chi connectivity index (χ2v) is 7.63. The number of H-pyrrole nitrogens is 1. The molecule has 1 atom stereocenters. The maximum Gasteiger partial charge on any atom is 0.269 e. The predicted octanol–water partition coefficient (Wildman–Crippen LogP) is 3.56. The smallest absolute Gasteiger partial charge is 0.269 e. The van der Waals surface area contributed by atoms with Gasteiger partial charge in [-0.25, -0.2) is 9.67 Å². The maximum atomic E-state index is 11.0. The lowest BCUT2D eigenvalue weighted by Crippen LogP contribution is -2.32. The maximum absolute atomic E-state index is 11.0. The van der Waals surface area contributed by atoms with Crippen LogP contribution in [0.3, 0.4) is 0 Å². The summed E-state index contributed by atoms with van der Waals surface area (Å²) in [4.78, 5) is 17.2. The van der Waals surface area contributed by atoms with Crippen molar-refractivity contribution in [1.82, 2.24) is 14.8 Å². The van der Waals surface area contributed by atoms with E-state index in [0.717, 1.165) is 23.5 Å². The topological polar surface area (TPSA) is 80.0 Å². The largest absolute Gasteiger partial charge is 0.349 e. The molecular formula is C16H21N5O2S. The molecule has 1 aromatic carbocycles. The highest BCUT2D eigenvalue weighted by Crippen LogP contribution is 2.35. The van der Waals surface area contributed by atoms with Crippen molar-refractivity contribution in [2.24, 2.45) is 0 Å². The normalized spacial score (nSPS) is 17.2. The fourth-order valence-corrected chi connectivity index (χ4v) is 3.15. The molecule has 128 valence electrons. The Labute approximate surface area is 145 Å². The number of anilines is 1. The van der Waals surface area contributed by atoms with Gasteiger partial charge in [0.15, 0.2) is 0 Å². The van der Waals surface area contributed by atoms with Crippen molar-refractivity contribution in [3.63, 3.8) is 0 Å². The Morgan fingerprint density at radius 3 is 2.75 bits per heavy atom. The van der Waals surface area contributed by atoms with Gasteiger partial charge in [0.05, 0.1) is 4.92 Å². The van der Waals surface area contributed by atoms with Crippen molar-refractivity contribution in [3.8, 4) is 0 Å². The van der Waals surface area contributed by atoms with E-state index in [1.54, 1.807) is 12.1 Å². The molecule has 24 heavy (non-hydrogen) atoms. The summed E-state index contributed by atoms with van der Waals surface area (Å²) >= 11 is 5.37. The Hall–Kier alpha value is -2.22. The zero-order valence-electron chi connectivity index (χ0n) is 14.2. The van der Waals surface area contributed by atoms with Gasteiger partial charge < -0.3 is 4.90 Å². The van der Waals surface area contributed by atoms with Crippen LogP contribution in [0.15, 0.2) is 18.2 Å². The highest BCUT2D eigenvalue weighted by molar-refractivity contribution is 7.71. The molecule has 0 radical (unpaired) electrons. The predicted molar refractivity (Wildman–Crippen MR) is 94.9 cm³/mol. The molecule has 0 saturated heterocycles. The summed E-state index contributed by atoms with van der Waals surface area (Å²) in [6.07, 6.45) is 0.782. The van der Waals surface area contributed by atoms with Crippen LogP contribution in [0, 0.1) is 14.9 Å². The first-order valence-electron chi connectivity index (χ1n) is 7.88. The van der Waals surface area contributed by atoms with Gasteiger partial charge in [-0.1, -0.05) is 20.8 Å². The van der Waals surface area contributed by atoms with Crippen LogP contribution in [0.1, 0.15) is 39.1 Å². The number of aromatic amines is 1. The fraction of sp³-hybridized carbons (Fsp3) is 0.500. The number of rotatable bonds is 3. The second-order valence-electron chi connectivity index (χ2n) is 7.27. The van der Waals surface area contributed by atoms with Gasteiger partial charge in [-0.3, -0.25) is 15.2 Å². The molecule has 8 heteroatoms. The Kier molecular flexibility index (Phi) is 3.95. The third-order valence-corrected chi connectivity index (χ3v) is 4.63. The molecule has 1 unspecified atom stereocenters. The lowest BCUT2D eigenvalue weighted by atomic mass is 9.96. The van der Waals surface area contributed by atoms with E-state index in [-0.39, 0.29) is 22.1 Å². The van der Waals surface area contributed by atoms with Gasteiger partial charge >= 0.3 is 0 Å². The average molecular weight is 347 g/mol. The lowest BCUT2D eigenvalue weighted by Gasteiger charge is -2.25. The average Bonchev–Trinajstić information content (AvgIpc) is 3.00. The lowest BCUT2D eigenvalue weighted by molar-refractivity contribution is -0.384. The molecule has 0 spiro atoms. The molecule has 3 rings (SSSR count). The molecule has 0 amide bonds. The van der Waals surface area contributed by atoms with Crippen LogP contribution in [0.5, 0.6) is 0 Å². The first-order valence-corrected chi connectivity index (χ1v) is 8.29. The van der Waals surface area contributed by atoms with Crippen molar-refractivity contribution in [1.29, 1.82) is 0 Å². The third kappa shape index (κ3) is 2.93. The number of nitro benzene ring substituents is 1. The summed E-state index contributed by atoms with van der Waals surface area (Å²) in [6.45, 7) is 8.90. The molecule has 0 saturated carbocycles. The molecule has 0 bridgehead atoms. The van der Waals surface area contributed by atoms with Gasteiger partial charge in [0.2, 0.25) is 4.77 Å². The highest BCUT2D eigenvalue weighted by Gasteiger charge is 2.28. The summed E-state index contributed by atoms with van der Waals surface area (Å²) in [5, 5.41) is 14.2. The van der Waals surface area contributed by atoms with E-state index in [2.05, 4.69) is 42.7 Å². The first kappa shape index (κ1) is 16.6. The Morgan fingerprint density at radius 1 is 1.46 bits per heavy atom. The van der Waals surface area contributed by atoms with Crippen LogP contribution in [-0.2, 0) is 18.5 Å². The van der Waals surface area contributed by atoms with Crippen LogP contribution in [0.25, 0.3) is 0 Å². The van der Waals surface area contributed by atoms with Crippen molar-refractivity contribution in [2.45, 2.75) is 52.2 Å². The van der Waals surface area contributed by atoms with Gasteiger partial charge in [-0.2, -0.15) is 0 Å². The van der Waals surface area contributed by atoms with E-state index in [9.17, 15) is 10.1 Å². The van der Waals surface area contributed by atoms with Crippen LogP contribution < -0.4 is 4.90 Å². The van der Waals surface area contributed by atoms with E-state index in [1.807, 2.05) is 10.7 Å². The Balaban J connectivity index is 1.91. The monoisotopic (exact) mass is 347 g/mol. The summed E-state index contributed by atoms with van der Waals surface area (Å²) in [7, 11) is 0. The second kappa shape index (κ2) is 5.70. The van der Waals surface area contributed by atoms with Crippen LogP contribution in [0.4, 0.5) is 11.4 Å². The van der Waals surface area contributed by atoms with Crippen molar-refractivity contribution in [3.05, 3.63) is 44.5 Å². The molecule has 1 N–H and O–H groups in total. The number of nitrogens with one attached hydrogen (secondary N) is 1. The molecule has 7 nitrogen and oxygen atoms in total. The van der Waals surface area contributed by atoms with Crippen molar-refractivity contribution < 1.29 is 4.92 Å². The number of hydrogen-bond donors (Lipinski definition) is 1. The number of nitro groups is 1. The molecule has 1 aliphatic rings. The van der Waals surface area contributed by atoms with Crippen LogP contribution in [0.2, 0.25) is 0 Å². The number of benzene rings is 1. The zero-order valence-corrected chi connectivity index (χ0v) is 15.1. The standard InChI is InChI=1S/C16H21N5O2S/c1-10-7-11-8-12(21(22)23)5-6-13(11)19(10)9-20-15(24)17-14(18-20)16(2,3)4/h5-6,8,10H,7,9H2,1-4H3,(H,17,18,24). The molecule has 0 fully saturated rings. The number of fused-ring (bicyclic) bond motifs is 1. The number of aromatic nitrogens is 3. The van der Waals surface area contributed by atoms with Crippen LogP contribution >= 0.6 is 12.2 Å². The quantitative estimate of drug-likeness (QED) is 0.522. The molecule has 2 heterocycles. The Morgan fingerprint density at radius 2 is 2.17 bits per heavy atom. The van der Waals surface area contributed by atoms with E-state index in [0.29, 0.717) is 11.4 Å². The van der Waals surface area contributed by atoms with E-state index >= 15 is 0 Å². The number of nitrogens with zero attached hydrogens (tertiary/aromatic N) is 4. The van der Waals surface area contributed by atoms with Gasteiger partial charge in [-0.05, 0) is 37.2 Å². The summed E-state index contributed by atoms with van der Waals surface area (Å²) < 4.78 is 2.37. The van der Waals surface area contributed by atoms with Crippen LogP contribution in [-0.4, -0.2) is 25.7 Å². The van der Waals surface area contributed by atoms with E-state index in [1.165, 1.54) is 0 Å². The highest BCUT2D eigenvalue weighted by atomic mass is 32.1. The van der Waals surface area contributed by atoms with Gasteiger partial charge in [0.1, 0.15) is 12.5 Å². The Bertz CT molecular complexity index is 849. The third-order valence-electron chi connectivity index (χ3n) is 4.31. The number of non-ortho nitro benzene ring substituents is 1. The van der Waals surface area contributed by atoms with E-state index in [4.69, 9.17) is 12.2 Å². The fourth-order valence-electron chi connectivity index (χ4n) is 2.95. The summed E-state index contributed by atoms with van der Waals surface area (Å²) in [6, 6.07) is 5.28. The molecular weight excluding hydrogens is 326 g/mol. The minimum atomic E-state index is -0.353. The van der Waals surface area contributed by atoms with Gasteiger partial charge in [0, 0.05) is 29.3 Å². The molecule has 1 aliphatic heterocycles. The summed E-state index contributed by atoms with van der Waals surface area (Å²) in [5.41, 5.74) is 2.05. The summed E-state index contributed by atoms with van der Waals surface area (Å²) in [5.74, 6) is 0.850. The first-order chi connectivity index (χ1) is 11.2. The molecule has 0 aliphatic carbocycles. The minimum Gasteiger partial charge on any atom is -0.349 e. The molecule has 1 aromatic heterocycles. The van der Waals surface area contributed by atoms with Crippen molar-refractivity contribution >= 4 is 23.6 Å². The van der Waals surface area contributed by atoms with Gasteiger partial charge in [-0.15, -0.1) is 0 Å². The number of hydrogen-bond acceptors (Lipinski definition) is 5. The molecule has 2 aromatic rings. The van der Waals surface area contributed by atoms with Gasteiger partial charge in [0.25, 0.3) is 5.69 Å². The van der Waals surface area contributed by atoms with E-state index < -0.39 is 0 Å².